The van der Waals surface area contributed by atoms with Gasteiger partial charge >= 0.3 is 5.97 Å². The summed E-state index contributed by atoms with van der Waals surface area (Å²) in [6, 6.07) is 0. The maximum atomic E-state index is 12.0. The van der Waals surface area contributed by atoms with Gasteiger partial charge in [0.2, 0.25) is 0 Å². The van der Waals surface area contributed by atoms with E-state index in [1.165, 1.54) is 12.8 Å². The molecule has 3 rings (SSSR count). The zero-order chi connectivity index (χ0) is 14.4. The normalized spacial score (nSPS) is 43.0. The standard InChI is InChI=1S/C18H24O2/c1-4-5-10-17(3)13(2)9-11-18-12-20-16(19)14(18)7-6-8-15(17)18/h1,7,13,15H,5-6,8-12H2,2-3H3/t13-,15-,17+,18-/m1/s1. The average molecular weight is 272 g/mol. The first kappa shape index (κ1) is 13.7. The van der Waals surface area contributed by atoms with Gasteiger partial charge in [-0.3, -0.25) is 0 Å². The zero-order valence-corrected chi connectivity index (χ0v) is 12.6. The highest BCUT2D eigenvalue weighted by Crippen LogP contribution is 2.63. The van der Waals surface area contributed by atoms with Crippen LogP contribution in [-0.4, -0.2) is 12.6 Å². The molecule has 0 N–H and O–H groups in total. The van der Waals surface area contributed by atoms with Crippen LogP contribution in [-0.2, 0) is 9.53 Å². The number of carbonyl (C=O) groups is 1. The number of rotatable bonds is 2. The Bertz CT molecular complexity index is 498. The van der Waals surface area contributed by atoms with Crippen molar-refractivity contribution in [3.63, 3.8) is 0 Å². The Morgan fingerprint density at radius 2 is 2.30 bits per heavy atom. The summed E-state index contributed by atoms with van der Waals surface area (Å²) < 4.78 is 5.45. The molecule has 1 saturated heterocycles. The number of cyclic esters (lactones) is 1. The number of hydrogen-bond acceptors (Lipinski definition) is 2. The van der Waals surface area contributed by atoms with E-state index >= 15 is 0 Å². The van der Waals surface area contributed by atoms with Crippen LogP contribution in [0.15, 0.2) is 11.6 Å². The topological polar surface area (TPSA) is 26.3 Å². The minimum absolute atomic E-state index is 0.00874. The van der Waals surface area contributed by atoms with Crippen molar-refractivity contribution in [1.82, 2.24) is 0 Å². The fourth-order valence-corrected chi connectivity index (χ4v) is 5.05. The summed E-state index contributed by atoms with van der Waals surface area (Å²) >= 11 is 0. The van der Waals surface area contributed by atoms with Gasteiger partial charge in [0.25, 0.3) is 0 Å². The van der Waals surface area contributed by atoms with Crippen molar-refractivity contribution in [2.75, 3.05) is 6.61 Å². The van der Waals surface area contributed by atoms with Crippen LogP contribution in [0.5, 0.6) is 0 Å². The third-order valence-corrected chi connectivity index (χ3v) is 6.44. The zero-order valence-electron chi connectivity index (χ0n) is 12.6. The van der Waals surface area contributed by atoms with E-state index in [2.05, 4.69) is 25.8 Å². The van der Waals surface area contributed by atoms with Crippen LogP contribution in [0.4, 0.5) is 0 Å². The Morgan fingerprint density at radius 3 is 3.05 bits per heavy atom. The summed E-state index contributed by atoms with van der Waals surface area (Å²) in [5.41, 5.74) is 1.20. The maximum Gasteiger partial charge on any atom is 0.334 e. The van der Waals surface area contributed by atoms with Gasteiger partial charge in [-0.2, -0.15) is 0 Å². The summed E-state index contributed by atoms with van der Waals surface area (Å²) in [5.74, 6) is 3.95. The summed E-state index contributed by atoms with van der Waals surface area (Å²) in [7, 11) is 0. The van der Waals surface area contributed by atoms with E-state index in [9.17, 15) is 4.79 Å². The molecule has 0 aromatic carbocycles. The summed E-state index contributed by atoms with van der Waals surface area (Å²) in [6.07, 6.45) is 14.0. The highest BCUT2D eigenvalue weighted by atomic mass is 16.5. The largest absolute Gasteiger partial charge is 0.461 e. The van der Waals surface area contributed by atoms with Gasteiger partial charge < -0.3 is 4.74 Å². The van der Waals surface area contributed by atoms with Crippen LogP contribution >= 0.6 is 0 Å². The van der Waals surface area contributed by atoms with Crippen molar-refractivity contribution in [2.45, 2.75) is 52.4 Å². The predicted molar refractivity (Wildman–Crippen MR) is 78.8 cm³/mol. The molecule has 1 spiro atoms. The Kier molecular flexibility index (Phi) is 3.20. The Labute approximate surface area is 122 Å². The lowest BCUT2D eigenvalue weighted by Gasteiger charge is -2.56. The second-order valence-corrected chi connectivity index (χ2v) is 7.13. The van der Waals surface area contributed by atoms with E-state index in [1.54, 1.807) is 0 Å². The minimum atomic E-state index is -0.0662. The molecule has 0 radical (unpaired) electrons. The molecule has 2 fully saturated rings. The molecular formula is C18H24O2. The molecular weight excluding hydrogens is 248 g/mol. The number of allylic oxidation sites excluding steroid dienone is 1. The minimum Gasteiger partial charge on any atom is -0.461 e. The van der Waals surface area contributed by atoms with E-state index in [4.69, 9.17) is 11.2 Å². The number of hydrogen-bond donors (Lipinski definition) is 0. The molecule has 3 aliphatic rings. The molecule has 0 aromatic rings. The molecule has 1 aliphatic heterocycles. The molecule has 1 saturated carbocycles. The summed E-state index contributed by atoms with van der Waals surface area (Å²) in [6.45, 7) is 5.35. The first-order chi connectivity index (χ1) is 9.54. The van der Waals surface area contributed by atoms with Crippen LogP contribution in [0, 0.1) is 35.0 Å². The fraction of sp³-hybridized carbons (Fsp3) is 0.722. The van der Waals surface area contributed by atoms with Gasteiger partial charge in [0.05, 0.1) is 0 Å². The van der Waals surface area contributed by atoms with Gasteiger partial charge in [0, 0.05) is 17.4 Å². The predicted octanol–water partition coefficient (Wildman–Crippen LogP) is 3.72. The van der Waals surface area contributed by atoms with Crippen molar-refractivity contribution >= 4 is 5.97 Å². The van der Waals surface area contributed by atoms with Gasteiger partial charge in [-0.15, -0.1) is 12.3 Å². The Balaban J connectivity index is 2.00. The second kappa shape index (κ2) is 4.65. The molecule has 108 valence electrons. The van der Waals surface area contributed by atoms with Crippen LogP contribution in [0.1, 0.15) is 52.4 Å². The number of esters is 1. The SMILES string of the molecule is C#CCC[C@@]1(C)[C@H](C)CC[C@@]23COC(=O)C2=CCC[C@@H]31. The maximum absolute atomic E-state index is 12.0. The van der Waals surface area contributed by atoms with Crippen LogP contribution in [0.3, 0.4) is 0 Å². The third-order valence-electron chi connectivity index (χ3n) is 6.44. The van der Waals surface area contributed by atoms with Crippen molar-refractivity contribution < 1.29 is 9.53 Å². The van der Waals surface area contributed by atoms with Crippen LogP contribution in [0.25, 0.3) is 0 Å². The van der Waals surface area contributed by atoms with Gasteiger partial charge in [-0.1, -0.05) is 19.9 Å². The van der Waals surface area contributed by atoms with E-state index in [0.29, 0.717) is 18.4 Å². The van der Waals surface area contributed by atoms with Crippen molar-refractivity contribution in [3.05, 3.63) is 11.6 Å². The van der Waals surface area contributed by atoms with Crippen LogP contribution < -0.4 is 0 Å². The molecule has 0 unspecified atom stereocenters. The first-order valence-corrected chi connectivity index (χ1v) is 7.86. The molecule has 2 nitrogen and oxygen atoms in total. The highest BCUT2D eigenvalue weighted by molar-refractivity contribution is 5.92. The van der Waals surface area contributed by atoms with Crippen molar-refractivity contribution in [3.8, 4) is 12.3 Å². The second-order valence-electron chi connectivity index (χ2n) is 7.13. The number of carbonyl (C=O) groups excluding carboxylic acids is 1. The molecule has 4 atom stereocenters. The number of ether oxygens (including phenoxy) is 1. The molecule has 0 aromatic heterocycles. The monoisotopic (exact) mass is 272 g/mol. The molecule has 0 bridgehead atoms. The lowest BCUT2D eigenvalue weighted by atomic mass is 9.47. The van der Waals surface area contributed by atoms with Crippen molar-refractivity contribution in [2.24, 2.45) is 22.7 Å². The molecule has 2 heteroatoms. The van der Waals surface area contributed by atoms with E-state index < -0.39 is 0 Å². The van der Waals surface area contributed by atoms with Gasteiger partial charge in [0.15, 0.2) is 0 Å². The quantitative estimate of drug-likeness (QED) is 0.566. The van der Waals surface area contributed by atoms with E-state index in [0.717, 1.165) is 31.3 Å². The lowest BCUT2D eigenvalue weighted by Crippen LogP contribution is -2.51. The van der Waals surface area contributed by atoms with Gasteiger partial charge in [0.1, 0.15) is 6.61 Å². The Morgan fingerprint density at radius 1 is 1.50 bits per heavy atom. The smallest absolute Gasteiger partial charge is 0.334 e. The lowest BCUT2D eigenvalue weighted by molar-refractivity contribution is -0.135. The summed E-state index contributed by atoms with van der Waals surface area (Å²) in [4.78, 5) is 12.0. The first-order valence-electron chi connectivity index (χ1n) is 7.86. The van der Waals surface area contributed by atoms with Crippen LogP contribution in [0.2, 0.25) is 0 Å². The third kappa shape index (κ3) is 1.68. The molecule has 20 heavy (non-hydrogen) atoms. The van der Waals surface area contributed by atoms with Gasteiger partial charge in [-0.05, 0) is 49.4 Å². The average Bonchev–Trinajstić information content (AvgIpc) is 2.79. The number of terminal acetylenes is 1. The van der Waals surface area contributed by atoms with Gasteiger partial charge in [-0.25, -0.2) is 4.79 Å². The van der Waals surface area contributed by atoms with E-state index in [1.807, 2.05) is 0 Å². The molecule has 0 amide bonds. The fourth-order valence-electron chi connectivity index (χ4n) is 5.05. The molecule has 2 aliphatic carbocycles. The summed E-state index contributed by atoms with van der Waals surface area (Å²) in [5, 5.41) is 0. The van der Waals surface area contributed by atoms with Crippen molar-refractivity contribution in [1.29, 1.82) is 0 Å². The highest BCUT2D eigenvalue weighted by Gasteiger charge is 2.60. The van der Waals surface area contributed by atoms with E-state index in [-0.39, 0.29) is 16.8 Å². The Hall–Kier alpha value is -1.23. The molecule has 1 heterocycles.